The van der Waals surface area contributed by atoms with E-state index in [2.05, 4.69) is 36.1 Å². The Labute approximate surface area is 125 Å². The normalized spacial score (nSPS) is 11.3. The summed E-state index contributed by atoms with van der Waals surface area (Å²) >= 11 is 0. The lowest BCUT2D eigenvalue weighted by atomic mass is 9.95. The van der Waals surface area contributed by atoms with Crippen molar-refractivity contribution in [1.82, 2.24) is 15.0 Å². The molecule has 0 saturated heterocycles. The minimum Gasteiger partial charge on any atom is -0.481 e. The average molecular weight is 286 g/mol. The van der Waals surface area contributed by atoms with Crippen molar-refractivity contribution in [3.63, 3.8) is 0 Å². The summed E-state index contributed by atoms with van der Waals surface area (Å²) in [6.45, 7) is 8.33. The number of pyridine rings is 1. The topological polar surface area (TPSA) is 59.9 Å². The minimum absolute atomic E-state index is 0.120. The maximum Gasteiger partial charge on any atom is 0.213 e. The monoisotopic (exact) mass is 286 g/mol. The van der Waals surface area contributed by atoms with Crippen molar-refractivity contribution in [3.8, 4) is 17.1 Å². The molecule has 0 fully saturated rings. The molecule has 2 heterocycles. The van der Waals surface area contributed by atoms with Gasteiger partial charge < -0.3 is 10.1 Å². The summed E-state index contributed by atoms with van der Waals surface area (Å²) in [6, 6.07) is 3.82. The van der Waals surface area contributed by atoms with E-state index >= 15 is 0 Å². The molecule has 0 radical (unpaired) electrons. The van der Waals surface area contributed by atoms with Crippen molar-refractivity contribution >= 4 is 5.82 Å². The molecule has 0 amide bonds. The third kappa shape index (κ3) is 3.12. The molecule has 5 nitrogen and oxygen atoms in total. The molecule has 2 rings (SSSR count). The highest BCUT2D eigenvalue weighted by atomic mass is 16.5. The Kier molecular flexibility index (Phi) is 4.11. The molecule has 0 aliphatic carbocycles. The Balaban J connectivity index is 2.66. The number of hydrogen-bond donors (Lipinski definition) is 1. The van der Waals surface area contributed by atoms with Crippen molar-refractivity contribution in [3.05, 3.63) is 29.7 Å². The first-order chi connectivity index (χ1) is 9.86. The van der Waals surface area contributed by atoms with Crippen LogP contribution in [0, 0.1) is 6.92 Å². The fraction of sp³-hybridized carbons (Fsp3) is 0.438. The van der Waals surface area contributed by atoms with Crippen LogP contribution in [0.1, 0.15) is 32.2 Å². The van der Waals surface area contributed by atoms with Gasteiger partial charge in [-0.05, 0) is 13.0 Å². The number of nitrogens with one attached hydrogen (secondary N) is 1. The Bertz CT molecular complexity index is 647. The molecule has 5 heteroatoms. The predicted molar refractivity (Wildman–Crippen MR) is 84.8 cm³/mol. The molecule has 0 bridgehead atoms. The molecule has 0 spiro atoms. The first-order valence-corrected chi connectivity index (χ1v) is 6.94. The Morgan fingerprint density at radius 2 is 1.90 bits per heavy atom. The van der Waals surface area contributed by atoms with Gasteiger partial charge in [0.1, 0.15) is 11.6 Å². The van der Waals surface area contributed by atoms with Gasteiger partial charge in [0.15, 0.2) is 0 Å². The second kappa shape index (κ2) is 5.68. The van der Waals surface area contributed by atoms with Crippen molar-refractivity contribution in [2.45, 2.75) is 33.1 Å². The van der Waals surface area contributed by atoms with Crippen LogP contribution in [0.25, 0.3) is 11.3 Å². The molecule has 0 saturated carbocycles. The SMILES string of the molecule is CNc1nc(C(C)(C)C)nc(-c2ccnc(OC)c2)c1C. The van der Waals surface area contributed by atoms with Gasteiger partial charge in [0.2, 0.25) is 5.88 Å². The standard InChI is InChI=1S/C16H22N4O/c1-10-13(11-7-8-18-12(9-11)21-6)19-15(16(2,3)4)20-14(10)17-5/h7-9H,1-6H3,(H,17,19,20). The van der Waals surface area contributed by atoms with E-state index in [0.29, 0.717) is 5.88 Å². The van der Waals surface area contributed by atoms with E-state index in [-0.39, 0.29) is 5.41 Å². The largest absolute Gasteiger partial charge is 0.481 e. The number of methoxy groups -OCH3 is 1. The molecular formula is C16H22N4O. The maximum atomic E-state index is 5.20. The molecule has 112 valence electrons. The summed E-state index contributed by atoms with van der Waals surface area (Å²) in [6.07, 6.45) is 1.73. The van der Waals surface area contributed by atoms with Gasteiger partial charge in [-0.3, -0.25) is 0 Å². The third-order valence-corrected chi connectivity index (χ3v) is 3.27. The van der Waals surface area contributed by atoms with E-state index < -0.39 is 0 Å². The summed E-state index contributed by atoms with van der Waals surface area (Å²) in [5, 5.41) is 3.15. The highest BCUT2D eigenvalue weighted by molar-refractivity contribution is 5.68. The molecule has 1 N–H and O–H groups in total. The second-order valence-electron chi connectivity index (χ2n) is 5.96. The predicted octanol–water partition coefficient (Wildman–Crippen LogP) is 3.19. The molecule has 2 aromatic heterocycles. The van der Waals surface area contributed by atoms with Gasteiger partial charge in [-0.1, -0.05) is 20.8 Å². The lowest BCUT2D eigenvalue weighted by Gasteiger charge is -2.20. The third-order valence-electron chi connectivity index (χ3n) is 3.27. The van der Waals surface area contributed by atoms with E-state index in [1.54, 1.807) is 13.3 Å². The Morgan fingerprint density at radius 3 is 2.48 bits per heavy atom. The van der Waals surface area contributed by atoms with Gasteiger partial charge in [0.25, 0.3) is 0 Å². The van der Waals surface area contributed by atoms with E-state index in [4.69, 9.17) is 9.72 Å². The zero-order valence-electron chi connectivity index (χ0n) is 13.5. The van der Waals surface area contributed by atoms with Gasteiger partial charge in [-0.15, -0.1) is 0 Å². The summed E-state index contributed by atoms with van der Waals surface area (Å²) in [5.41, 5.74) is 2.77. The van der Waals surface area contributed by atoms with Crippen LogP contribution in [0.3, 0.4) is 0 Å². The minimum atomic E-state index is -0.120. The lowest BCUT2D eigenvalue weighted by Crippen LogP contribution is -2.18. The first-order valence-electron chi connectivity index (χ1n) is 6.94. The first kappa shape index (κ1) is 15.2. The molecular weight excluding hydrogens is 264 g/mol. The van der Waals surface area contributed by atoms with Crippen LogP contribution < -0.4 is 10.1 Å². The van der Waals surface area contributed by atoms with Crippen LogP contribution in [-0.4, -0.2) is 29.1 Å². The second-order valence-corrected chi connectivity index (χ2v) is 5.96. The molecule has 0 aromatic carbocycles. The van der Waals surface area contributed by atoms with Crippen molar-refractivity contribution in [2.75, 3.05) is 19.5 Å². The van der Waals surface area contributed by atoms with E-state index in [1.165, 1.54) is 0 Å². The molecule has 0 atom stereocenters. The molecule has 0 aliphatic heterocycles. The van der Waals surface area contributed by atoms with Crippen LogP contribution in [0.15, 0.2) is 18.3 Å². The number of nitrogens with zero attached hydrogens (tertiary/aromatic N) is 3. The average Bonchev–Trinajstić information content (AvgIpc) is 2.46. The Hall–Kier alpha value is -2.17. The summed E-state index contributed by atoms with van der Waals surface area (Å²) in [7, 11) is 3.48. The van der Waals surface area contributed by atoms with Gasteiger partial charge in [-0.25, -0.2) is 15.0 Å². The molecule has 0 unspecified atom stereocenters. The van der Waals surface area contributed by atoms with Crippen LogP contribution in [0.5, 0.6) is 5.88 Å². The number of ether oxygens (including phenoxy) is 1. The highest BCUT2D eigenvalue weighted by Crippen LogP contribution is 2.30. The smallest absolute Gasteiger partial charge is 0.213 e. The molecule has 0 aliphatic rings. The zero-order valence-corrected chi connectivity index (χ0v) is 13.5. The van der Waals surface area contributed by atoms with Crippen molar-refractivity contribution in [2.24, 2.45) is 0 Å². The van der Waals surface area contributed by atoms with Gasteiger partial charge >= 0.3 is 0 Å². The lowest BCUT2D eigenvalue weighted by molar-refractivity contribution is 0.398. The summed E-state index contributed by atoms with van der Waals surface area (Å²) < 4.78 is 5.20. The number of rotatable bonds is 3. The highest BCUT2D eigenvalue weighted by Gasteiger charge is 2.21. The fourth-order valence-corrected chi connectivity index (χ4v) is 2.04. The molecule has 2 aromatic rings. The number of aromatic nitrogens is 3. The zero-order chi connectivity index (χ0) is 15.6. The summed E-state index contributed by atoms with van der Waals surface area (Å²) in [4.78, 5) is 13.5. The number of anilines is 1. The van der Waals surface area contributed by atoms with E-state index in [1.807, 2.05) is 26.1 Å². The van der Waals surface area contributed by atoms with Crippen LogP contribution >= 0.6 is 0 Å². The maximum absolute atomic E-state index is 5.20. The van der Waals surface area contributed by atoms with Gasteiger partial charge in [-0.2, -0.15) is 0 Å². The fourth-order valence-electron chi connectivity index (χ4n) is 2.04. The van der Waals surface area contributed by atoms with Crippen LogP contribution in [0.2, 0.25) is 0 Å². The van der Waals surface area contributed by atoms with Crippen molar-refractivity contribution < 1.29 is 4.74 Å². The van der Waals surface area contributed by atoms with Gasteiger partial charge in [0.05, 0.1) is 12.8 Å². The quantitative estimate of drug-likeness (QED) is 0.939. The van der Waals surface area contributed by atoms with Gasteiger partial charge in [0, 0.05) is 35.9 Å². The van der Waals surface area contributed by atoms with E-state index in [0.717, 1.165) is 28.5 Å². The van der Waals surface area contributed by atoms with Crippen LogP contribution in [-0.2, 0) is 5.41 Å². The molecule has 21 heavy (non-hydrogen) atoms. The van der Waals surface area contributed by atoms with Crippen LogP contribution in [0.4, 0.5) is 5.82 Å². The van der Waals surface area contributed by atoms with Crippen molar-refractivity contribution in [1.29, 1.82) is 0 Å². The summed E-state index contributed by atoms with van der Waals surface area (Å²) in [5.74, 6) is 2.23. The van der Waals surface area contributed by atoms with E-state index in [9.17, 15) is 0 Å². The number of hydrogen-bond acceptors (Lipinski definition) is 5. The Morgan fingerprint density at radius 1 is 1.19 bits per heavy atom.